The van der Waals surface area contributed by atoms with Crippen LogP contribution in [0.1, 0.15) is 25.0 Å². The van der Waals surface area contributed by atoms with Crippen LogP contribution < -0.4 is 4.74 Å². The number of fused-ring (bicyclic) bond motifs is 1. The topological polar surface area (TPSA) is 46.5 Å². The first-order valence-corrected chi connectivity index (χ1v) is 6.56. The van der Waals surface area contributed by atoms with Crippen LogP contribution in [-0.4, -0.2) is 30.0 Å². The number of ether oxygens (including phenoxy) is 1. The van der Waals surface area contributed by atoms with Crippen LogP contribution in [0.25, 0.3) is 6.08 Å². The van der Waals surface area contributed by atoms with Crippen molar-refractivity contribution in [3.63, 3.8) is 0 Å². The minimum Gasteiger partial charge on any atom is -0.481 e. The molecule has 116 valence electrons. The third-order valence-electron chi connectivity index (χ3n) is 3.00. The van der Waals surface area contributed by atoms with Crippen molar-refractivity contribution in [3.8, 4) is 5.75 Å². The Hall–Kier alpha value is -1.62. The molecule has 21 heavy (non-hydrogen) atoms. The second-order valence-corrected chi connectivity index (χ2v) is 5.51. The fourth-order valence-electron chi connectivity index (χ4n) is 2.02. The van der Waals surface area contributed by atoms with E-state index in [0.29, 0.717) is 23.5 Å². The average molecular weight is 319 g/mol. The normalized spacial score (nSPS) is 16.9. The first kappa shape index (κ1) is 17.4. The molecule has 1 aromatic rings. The first-order chi connectivity index (χ1) is 9.70. The summed E-state index contributed by atoms with van der Waals surface area (Å²) in [4.78, 5) is 11.2. The van der Waals surface area contributed by atoms with Gasteiger partial charge in [-0.1, -0.05) is 11.6 Å². The van der Waals surface area contributed by atoms with Crippen molar-refractivity contribution >= 4 is 23.6 Å². The lowest BCUT2D eigenvalue weighted by atomic mass is 9.91. The van der Waals surface area contributed by atoms with Crippen molar-refractivity contribution < 1.29 is 23.4 Å². The molecule has 0 saturated heterocycles. The average Bonchev–Trinajstić information content (AvgIpc) is 2.40. The second-order valence-electron chi connectivity index (χ2n) is 5.11. The van der Waals surface area contributed by atoms with Crippen molar-refractivity contribution in [2.24, 2.45) is 0 Å². The predicted molar refractivity (Wildman–Crippen MR) is 78.4 cm³/mol. The molecule has 1 unspecified atom stereocenters. The number of hydrogen-bond acceptors (Lipinski definition) is 2. The summed E-state index contributed by atoms with van der Waals surface area (Å²) in [6, 6.07) is 3.31. The monoisotopic (exact) mass is 318 g/mol. The standard InChI is InChI=1S/C14H14ClFO3.CH3F/c1-7-4-8-5-9(13(17)18)12(14(2,3)16)19-11(8)6-10(7)15;1-2/h4-6,12H,1-3H3,(H,17,18);1H3. The molecule has 1 aliphatic rings. The van der Waals surface area contributed by atoms with E-state index in [0.717, 1.165) is 5.56 Å². The van der Waals surface area contributed by atoms with Gasteiger partial charge in [0.25, 0.3) is 0 Å². The fourth-order valence-corrected chi connectivity index (χ4v) is 2.17. The highest BCUT2D eigenvalue weighted by Gasteiger charge is 2.40. The maximum Gasteiger partial charge on any atom is 0.335 e. The number of carboxylic acid groups (broad SMARTS) is 1. The van der Waals surface area contributed by atoms with Gasteiger partial charge in [-0.25, -0.2) is 9.18 Å². The largest absolute Gasteiger partial charge is 0.481 e. The van der Waals surface area contributed by atoms with Crippen LogP contribution in [0, 0.1) is 6.92 Å². The summed E-state index contributed by atoms with van der Waals surface area (Å²) < 4.78 is 29.1. The molecular formula is C15H17ClF2O3. The van der Waals surface area contributed by atoms with E-state index in [-0.39, 0.29) is 5.57 Å². The fraction of sp³-hybridized carbons (Fsp3) is 0.400. The number of carbonyl (C=O) groups is 1. The maximum atomic E-state index is 14.1. The van der Waals surface area contributed by atoms with Gasteiger partial charge in [-0.3, -0.25) is 4.39 Å². The molecule has 0 amide bonds. The molecule has 0 spiro atoms. The summed E-state index contributed by atoms with van der Waals surface area (Å²) in [5, 5.41) is 9.68. The molecule has 6 heteroatoms. The molecule has 0 bridgehead atoms. The Balaban J connectivity index is 0.00000106. The Morgan fingerprint density at radius 3 is 2.43 bits per heavy atom. The molecule has 1 N–H and O–H groups in total. The van der Waals surface area contributed by atoms with Crippen molar-refractivity contribution in [1.82, 2.24) is 0 Å². The van der Waals surface area contributed by atoms with E-state index in [9.17, 15) is 18.7 Å². The van der Waals surface area contributed by atoms with Gasteiger partial charge in [0.2, 0.25) is 0 Å². The smallest absolute Gasteiger partial charge is 0.335 e. The molecule has 0 aromatic heterocycles. The van der Waals surface area contributed by atoms with Crippen molar-refractivity contribution in [2.75, 3.05) is 7.18 Å². The number of benzene rings is 1. The van der Waals surface area contributed by atoms with E-state index in [1.165, 1.54) is 19.9 Å². The molecule has 2 rings (SSSR count). The Kier molecular flexibility index (Phi) is 5.34. The molecular weight excluding hydrogens is 302 g/mol. The molecule has 1 heterocycles. The van der Waals surface area contributed by atoms with E-state index < -0.39 is 17.7 Å². The summed E-state index contributed by atoms with van der Waals surface area (Å²) >= 11 is 6.00. The molecule has 1 aromatic carbocycles. The third-order valence-corrected chi connectivity index (χ3v) is 3.41. The Morgan fingerprint density at radius 1 is 1.38 bits per heavy atom. The molecule has 1 aliphatic heterocycles. The van der Waals surface area contributed by atoms with Crippen LogP contribution in [0.15, 0.2) is 17.7 Å². The number of alkyl halides is 2. The van der Waals surface area contributed by atoms with Crippen molar-refractivity contribution in [2.45, 2.75) is 32.5 Å². The Bertz CT molecular complexity index is 577. The van der Waals surface area contributed by atoms with Gasteiger partial charge >= 0.3 is 5.97 Å². The highest BCUT2D eigenvalue weighted by molar-refractivity contribution is 6.31. The van der Waals surface area contributed by atoms with E-state index in [1.54, 1.807) is 12.1 Å². The number of hydrogen-bond donors (Lipinski definition) is 1. The second kappa shape index (κ2) is 6.43. The Labute approximate surface area is 127 Å². The zero-order chi connectivity index (χ0) is 16.4. The summed E-state index contributed by atoms with van der Waals surface area (Å²) in [6.45, 7) is 4.38. The number of rotatable bonds is 2. The lowest BCUT2D eigenvalue weighted by Crippen LogP contribution is -2.42. The van der Waals surface area contributed by atoms with Gasteiger partial charge in [-0.05, 0) is 44.5 Å². The lowest BCUT2D eigenvalue weighted by Gasteiger charge is -2.32. The van der Waals surface area contributed by atoms with Crippen LogP contribution in [-0.2, 0) is 4.79 Å². The maximum absolute atomic E-state index is 14.1. The highest BCUT2D eigenvalue weighted by Crippen LogP contribution is 2.37. The minimum absolute atomic E-state index is 0.0956. The predicted octanol–water partition coefficient (Wildman–Crippen LogP) is 4.21. The molecule has 1 atom stereocenters. The number of aliphatic carboxylic acids is 1. The minimum atomic E-state index is -1.81. The van der Waals surface area contributed by atoms with Gasteiger partial charge in [0.05, 0.1) is 12.8 Å². The lowest BCUT2D eigenvalue weighted by molar-refractivity contribution is -0.134. The molecule has 3 nitrogen and oxygen atoms in total. The summed E-state index contributed by atoms with van der Waals surface area (Å²) in [6.07, 6.45) is 0.285. The molecule has 0 saturated carbocycles. The van der Waals surface area contributed by atoms with Crippen molar-refractivity contribution in [3.05, 3.63) is 33.9 Å². The van der Waals surface area contributed by atoms with Gasteiger partial charge in [0, 0.05) is 10.6 Å². The van der Waals surface area contributed by atoms with Crippen LogP contribution in [0.4, 0.5) is 8.78 Å². The number of aryl methyl sites for hydroxylation is 1. The van der Waals surface area contributed by atoms with Gasteiger partial charge < -0.3 is 9.84 Å². The van der Waals surface area contributed by atoms with Gasteiger partial charge in [-0.15, -0.1) is 0 Å². The third kappa shape index (κ3) is 3.73. The van der Waals surface area contributed by atoms with Crippen LogP contribution in [0.3, 0.4) is 0 Å². The summed E-state index contributed by atoms with van der Waals surface area (Å²) in [5.41, 5.74) is -0.497. The van der Waals surface area contributed by atoms with Crippen LogP contribution >= 0.6 is 11.6 Å². The molecule has 0 aliphatic carbocycles. The van der Waals surface area contributed by atoms with E-state index >= 15 is 0 Å². The number of carboxylic acids is 1. The first-order valence-electron chi connectivity index (χ1n) is 6.18. The highest BCUT2D eigenvalue weighted by atomic mass is 35.5. The SMILES string of the molecule is CF.Cc1cc2c(cc1Cl)OC(C(C)(C)F)C(C(=O)O)=C2. The van der Waals surface area contributed by atoms with E-state index in [1.807, 2.05) is 6.92 Å². The Morgan fingerprint density at radius 2 is 1.95 bits per heavy atom. The van der Waals surface area contributed by atoms with E-state index in [2.05, 4.69) is 0 Å². The van der Waals surface area contributed by atoms with Gasteiger partial charge in [-0.2, -0.15) is 0 Å². The zero-order valence-corrected chi connectivity index (χ0v) is 13.0. The number of halogens is 3. The molecule has 0 fully saturated rings. The quantitative estimate of drug-likeness (QED) is 0.888. The van der Waals surface area contributed by atoms with Crippen LogP contribution in [0.2, 0.25) is 5.02 Å². The van der Waals surface area contributed by atoms with Crippen molar-refractivity contribution in [1.29, 1.82) is 0 Å². The summed E-state index contributed by atoms with van der Waals surface area (Å²) in [7, 11) is 0.500. The zero-order valence-electron chi connectivity index (χ0n) is 12.2. The van der Waals surface area contributed by atoms with Gasteiger partial charge in [0.15, 0.2) is 6.10 Å². The summed E-state index contributed by atoms with van der Waals surface area (Å²) in [5.74, 6) is -0.787. The van der Waals surface area contributed by atoms with Crippen LogP contribution in [0.5, 0.6) is 5.75 Å². The van der Waals surface area contributed by atoms with E-state index in [4.69, 9.17) is 16.3 Å². The molecule has 0 radical (unpaired) electrons. The van der Waals surface area contributed by atoms with Gasteiger partial charge in [0.1, 0.15) is 11.4 Å².